The van der Waals surface area contributed by atoms with Crippen molar-refractivity contribution in [2.75, 3.05) is 18.1 Å². The Morgan fingerprint density at radius 1 is 1.09 bits per heavy atom. The summed E-state index contributed by atoms with van der Waals surface area (Å²) in [6, 6.07) is 14.3. The maximum Gasteiger partial charge on any atom is 0.150 e. The van der Waals surface area contributed by atoms with Crippen molar-refractivity contribution >= 4 is 9.84 Å². The number of nitrogens with zero attached hydrogens (tertiary/aromatic N) is 1. The van der Waals surface area contributed by atoms with Crippen molar-refractivity contribution in [2.24, 2.45) is 5.92 Å². The predicted octanol–water partition coefficient (Wildman–Crippen LogP) is 2.66. The summed E-state index contributed by atoms with van der Waals surface area (Å²) in [4.78, 5) is 4.43. The molecule has 2 heterocycles. The molecule has 1 aromatic carbocycles. The molecule has 0 radical (unpaired) electrons. The predicted molar refractivity (Wildman–Crippen MR) is 92.8 cm³/mol. The number of pyridine rings is 1. The van der Waals surface area contributed by atoms with Gasteiger partial charge in [0.15, 0.2) is 0 Å². The van der Waals surface area contributed by atoms with Crippen LogP contribution in [0.25, 0.3) is 11.3 Å². The van der Waals surface area contributed by atoms with Crippen molar-refractivity contribution in [3.05, 3.63) is 54.2 Å². The third-order valence-corrected chi connectivity index (χ3v) is 6.05. The first kappa shape index (κ1) is 16.1. The maximum absolute atomic E-state index is 11.4. The van der Waals surface area contributed by atoms with Gasteiger partial charge in [-0.25, -0.2) is 8.42 Å². The minimum Gasteiger partial charge on any atom is -0.312 e. The molecule has 0 bridgehead atoms. The van der Waals surface area contributed by atoms with E-state index in [2.05, 4.69) is 28.5 Å². The lowest BCUT2D eigenvalue weighted by atomic mass is 10.0. The summed E-state index contributed by atoms with van der Waals surface area (Å²) in [5, 5.41) is 3.45. The van der Waals surface area contributed by atoms with Crippen LogP contribution in [-0.4, -0.2) is 31.5 Å². The van der Waals surface area contributed by atoms with E-state index in [1.807, 2.05) is 30.5 Å². The van der Waals surface area contributed by atoms with Gasteiger partial charge in [-0.15, -0.1) is 0 Å². The molecular weight excluding hydrogens is 308 g/mol. The molecule has 5 heteroatoms. The molecule has 1 saturated heterocycles. The number of nitrogens with one attached hydrogen (secondary N) is 1. The standard InChI is InChI=1S/C18H22N2O2S/c21-23(22)10-7-15(8-11-23)13-19-14-16-6-9-20-18(12-16)17-4-2-1-3-5-17/h1-6,9,12,15,19H,7-8,10-11,13-14H2. The minimum absolute atomic E-state index is 0.340. The first-order valence-electron chi connectivity index (χ1n) is 8.04. The molecule has 1 aliphatic heterocycles. The molecule has 0 spiro atoms. The SMILES string of the molecule is O=S1(=O)CCC(CNCc2ccnc(-c3ccccc3)c2)CC1. The molecule has 3 rings (SSSR count). The van der Waals surface area contributed by atoms with Crippen molar-refractivity contribution in [1.29, 1.82) is 0 Å². The molecule has 23 heavy (non-hydrogen) atoms. The van der Waals surface area contributed by atoms with Crippen LogP contribution < -0.4 is 5.32 Å². The van der Waals surface area contributed by atoms with Crippen molar-refractivity contribution < 1.29 is 8.42 Å². The molecular formula is C18H22N2O2S. The fourth-order valence-corrected chi connectivity index (χ4v) is 4.50. The molecule has 0 atom stereocenters. The van der Waals surface area contributed by atoms with Gasteiger partial charge in [0.25, 0.3) is 0 Å². The summed E-state index contributed by atoms with van der Waals surface area (Å²) in [6.45, 7) is 1.66. The topological polar surface area (TPSA) is 59.1 Å². The van der Waals surface area contributed by atoms with Gasteiger partial charge in [-0.1, -0.05) is 30.3 Å². The van der Waals surface area contributed by atoms with E-state index in [1.54, 1.807) is 0 Å². The number of hydrogen-bond donors (Lipinski definition) is 1. The zero-order valence-electron chi connectivity index (χ0n) is 13.1. The Morgan fingerprint density at radius 3 is 2.57 bits per heavy atom. The molecule has 122 valence electrons. The van der Waals surface area contributed by atoms with Gasteiger partial charge in [0.2, 0.25) is 0 Å². The van der Waals surface area contributed by atoms with Crippen molar-refractivity contribution in [3.63, 3.8) is 0 Å². The quantitative estimate of drug-likeness (QED) is 0.916. The lowest BCUT2D eigenvalue weighted by molar-refractivity contribution is 0.432. The van der Waals surface area contributed by atoms with E-state index in [0.29, 0.717) is 17.4 Å². The second-order valence-corrected chi connectivity index (χ2v) is 8.45. The molecule has 2 aromatic rings. The zero-order chi connectivity index (χ0) is 16.1. The van der Waals surface area contributed by atoms with E-state index in [1.165, 1.54) is 5.56 Å². The van der Waals surface area contributed by atoms with Gasteiger partial charge in [-0.2, -0.15) is 0 Å². The Bertz CT molecular complexity index is 731. The molecule has 1 aromatic heterocycles. The molecule has 0 unspecified atom stereocenters. The van der Waals surface area contributed by atoms with E-state index in [4.69, 9.17) is 0 Å². The van der Waals surface area contributed by atoms with Gasteiger partial charge in [0, 0.05) is 18.3 Å². The number of aromatic nitrogens is 1. The second-order valence-electron chi connectivity index (χ2n) is 6.14. The monoisotopic (exact) mass is 330 g/mol. The van der Waals surface area contributed by atoms with E-state index in [0.717, 1.165) is 37.2 Å². The lowest BCUT2D eigenvalue weighted by Crippen LogP contribution is -2.30. The summed E-state index contributed by atoms with van der Waals surface area (Å²) in [5.41, 5.74) is 3.29. The largest absolute Gasteiger partial charge is 0.312 e. The Balaban J connectivity index is 1.53. The van der Waals surface area contributed by atoms with Crippen LogP contribution in [0.1, 0.15) is 18.4 Å². The Kier molecular flexibility index (Phi) is 5.08. The third kappa shape index (κ3) is 4.62. The average molecular weight is 330 g/mol. The molecule has 1 aliphatic rings. The van der Waals surface area contributed by atoms with Crippen LogP contribution in [0, 0.1) is 5.92 Å². The van der Waals surface area contributed by atoms with Crippen LogP contribution in [0.5, 0.6) is 0 Å². The molecule has 4 nitrogen and oxygen atoms in total. The first-order valence-corrected chi connectivity index (χ1v) is 9.86. The first-order chi connectivity index (χ1) is 11.1. The second kappa shape index (κ2) is 7.23. The van der Waals surface area contributed by atoms with Crippen LogP contribution >= 0.6 is 0 Å². The highest BCUT2D eigenvalue weighted by Crippen LogP contribution is 2.19. The third-order valence-electron chi connectivity index (χ3n) is 4.33. The minimum atomic E-state index is -2.77. The number of benzene rings is 1. The summed E-state index contributed by atoms with van der Waals surface area (Å²) in [6.07, 6.45) is 3.40. The van der Waals surface area contributed by atoms with Gasteiger partial charge in [-0.05, 0) is 43.0 Å². The fourth-order valence-electron chi connectivity index (χ4n) is 2.91. The van der Waals surface area contributed by atoms with Crippen LogP contribution in [0.15, 0.2) is 48.7 Å². The van der Waals surface area contributed by atoms with Gasteiger partial charge in [0.05, 0.1) is 17.2 Å². The summed E-state index contributed by atoms with van der Waals surface area (Å²) in [5.74, 6) is 1.15. The molecule has 0 amide bonds. The highest BCUT2D eigenvalue weighted by atomic mass is 32.2. The molecule has 1 N–H and O–H groups in total. The molecule has 0 saturated carbocycles. The van der Waals surface area contributed by atoms with Gasteiger partial charge in [-0.3, -0.25) is 4.98 Å². The van der Waals surface area contributed by atoms with Gasteiger partial charge >= 0.3 is 0 Å². The van der Waals surface area contributed by atoms with Crippen molar-refractivity contribution in [3.8, 4) is 11.3 Å². The van der Waals surface area contributed by atoms with E-state index in [-0.39, 0.29) is 0 Å². The fraction of sp³-hybridized carbons (Fsp3) is 0.389. The van der Waals surface area contributed by atoms with Crippen molar-refractivity contribution in [1.82, 2.24) is 10.3 Å². The summed E-state index contributed by atoms with van der Waals surface area (Å²) < 4.78 is 22.9. The highest BCUT2D eigenvalue weighted by Gasteiger charge is 2.22. The Labute approximate surface area is 137 Å². The summed E-state index contributed by atoms with van der Waals surface area (Å²) in [7, 11) is -2.77. The number of hydrogen-bond acceptors (Lipinski definition) is 4. The Hall–Kier alpha value is -1.72. The smallest absolute Gasteiger partial charge is 0.150 e. The number of sulfone groups is 1. The van der Waals surface area contributed by atoms with E-state index in [9.17, 15) is 8.42 Å². The van der Waals surface area contributed by atoms with E-state index < -0.39 is 9.84 Å². The Morgan fingerprint density at radius 2 is 1.83 bits per heavy atom. The average Bonchev–Trinajstić information content (AvgIpc) is 2.58. The van der Waals surface area contributed by atoms with Crippen LogP contribution in [-0.2, 0) is 16.4 Å². The maximum atomic E-state index is 11.4. The lowest BCUT2D eigenvalue weighted by Gasteiger charge is -2.22. The zero-order valence-corrected chi connectivity index (χ0v) is 13.9. The highest BCUT2D eigenvalue weighted by molar-refractivity contribution is 7.91. The normalized spacial score (nSPS) is 17.9. The van der Waals surface area contributed by atoms with Gasteiger partial charge in [0.1, 0.15) is 9.84 Å². The molecule has 1 fully saturated rings. The van der Waals surface area contributed by atoms with Crippen LogP contribution in [0.2, 0.25) is 0 Å². The summed E-state index contributed by atoms with van der Waals surface area (Å²) >= 11 is 0. The van der Waals surface area contributed by atoms with Crippen LogP contribution in [0.4, 0.5) is 0 Å². The van der Waals surface area contributed by atoms with Crippen molar-refractivity contribution in [2.45, 2.75) is 19.4 Å². The van der Waals surface area contributed by atoms with E-state index >= 15 is 0 Å². The molecule has 0 aliphatic carbocycles. The van der Waals surface area contributed by atoms with Crippen LogP contribution in [0.3, 0.4) is 0 Å². The van der Waals surface area contributed by atoms with Gasteiger partial charge < -0.3 is 5.32 Å². The number of rotatable bonds is 5.